The third kappa shape index (κ3) is 2.41. The Morgan fingerprint density at radius 2 is 1.68 bits per heavy atom. The molecule has 0 spiro atoms. The molecule has 102 valence electrons. The fraction of sp³-hybridized carbons (Fsp3) is 0.286. The number of rotatable bonds is 3. The van der Waals surface area contributed by atoms with Crippen LogP contribution in [0, 0.1) is 6.92 Å². The van der Waals surface area contributed by atoms with Crippen molar-refractivity contribution in [1.82, 2.24) is 0 Å². The van der Waals surface area contributed by atoms with Gasteiger partial charge in [-0.25, -0.2) is 8.78 Å². The molecule has 0 saturated heterocycles. The van der Waals surface area contributed by atoms with Crippen molar-refractivity contribution >= 4 is 22.4 Å². The zero-order valence-electron chi connectivity index (χ0n) is 10.0. The number of fused-ring (bicyclic) bond motifs is 1. The quantitative estimate of drug-likeness (QED) is 0.529. The van der Waals surface area contributed by atoms with E-state index in [9.17, 15) is 17.6 Å². The molecule has 2 aromatic carbocycles. The number of hydrogen-bond donors (Lipinski definition) is 0. The molecule has 0 aliphatic rings. The average molecular weight is 291 g/mol. The Labute approximate surface area is 113 Å². The van der Waals surface area contributed by atoms with E-state index >= 15 is 0 Å². The third-order valence-corrected chi connectivity index (χ3v) is 3.58. The molecule has 5 heteroatoms. The molecule has 2 aromatic rings. The van der Waals surface area contributed by atoms with Crippen molar-refractivity contribution in [3.63, 3.8) is 0 Å². The Kier molecular flexibility index (Phi) is 3.72. The minimum Gasteiger partial charge on any atom is -0.204 e. The predicted molar refractivity (Wildman–Crippen MR) is 68.2 cm³/mol. The van der Waals surface area contributed by atoms with Gasteiger partial charge in [-0.15, -0.1) is 11.6 Å². The van der Waals surface area contributed by atoms with Crippen LogP contribution in [-0.4, -0.2) is 12.3 Å². The van der Waals surface area contributed by atoms with Crippen LogP contribution < -0.4 is 0 Å². The van der Waals surface area contributed by atoms with Gasteiger partial charge in [0.15, 0.2) is 0 Å². The Morgan fingerprint density at radius 1 is 1.05 bits per heavy atom. The molecule has 0 bridgehead atoms. The molecule has 0 heterocycles. The number of aryl methyl sites for hydroxylation is 1. The van der Waals surface area contributed by atoms with Gasteiger partial charge in [0, 0.05) is 0 Å². The lowest BCUT2D eigenvalue weighted by Crippen LogP contribution is -2.32. The summed E-state index contributed by atoms with van der Waals surface area (Å²) in [6.07, 6.45) is -3.80. The van der Waals surface area contributed by atoms with Crippen molar-refractivity contribution in [3.8, 4) is 0 Å². The molecule has 0 aromatic heterocycles. The molecule has 0 saturated carbocycles. The maximum atomic E-state index is 13.5. The highest BCUT2D eigenvalue weighted by Crippen LogP contribution is 2.44. The molecule has 0 aliphatic heterocycles. The zero-order valence-corrected chi connectivity index (χ0v) is 10.8. The summed E-state index contributed by atoms with van der Waals surface area (Å²) in [5, 5.41) is -0.889. The largest absolute Gasteiger partial charge is 0.327 e. The number of halogens is 5. The van der Waals surface area contributed by atoms with Crippen LogP contribution in [0.1, 0.15) is 16.5 Å². The van der Waals surface area contributed by atoms with Crippen molar-refractivity contribution in [2.24, 2.45) is 0 Å². The lowest BCUT2D eigenvalue weighted by Gasteiger charge is -2.24. The van der Waals surface area contributed by atoms with Crippen molar-refractivity contribution in [2.45, 2.75) is 24.6 Å². The van der Waals surface area contributed by atoms with Gasteiger partial charge in [-0.05, 0) is 28.8 Å². The van der Waals surface area contributed by atoms with Gasteiger partial charge >= 0.3 is 12.3 Å². The Bertz CT molecular complexity index is 595. The summed E-state index contributed by atoms with van der Waals surface area (Å²) < 4.78 is 51.8. The fourth-order valence-corrected chi connectivity index (χ4v) is 2.43. The molecule has 0 N–H and O–H groups in total. The van der Waals surface area contributed by atoms with Gasteiger partial charge in [0.25, 0.3) is 0 Å². The van der Waals surface area contributed by atoms with Gasteiger partial charge in [0.05, 0.1) is 0 Å². The van der Waals surface area contributed by atoms with E-state index in [0.29, 0.717) is 16.3 Å². The molecule has 1 atom stereocenters. The van der Waals surface area contributed by atoms with Gasteiger partial charge in [0.2, 0.25) is 0 Å². The molecule has 0 nitrogen and oxygen atoms in total. The van der Waals surface area contributed by atoms with E-state index in [1.54, 1.807) is 43.3 Å². The molecule has 2 rings (SSSR count). The summed E-state index contributed by atoms with van der Waals surface area (Å²) >= 11 is 5.65. The summed E-state index contributed by atoms with van der Waals surface area (Å²) in [6, 6.07) is 10.1. The van der Waals surface area contributed by atoms with Gasteiger partial charge < -0.3 is 0 Å². The van der Waals surface area contributed by atoms with Crippen LogP contribution in [-0.2, 0) is 0 Å². The fourth-order valence-electron chi connectivity index (χ4n) is 2.04. The van der Waals surface area contributed by atoms with Crippen LogP contribution in [0.25, 0.3) is 10.8 Å². The minimum atomic E-state index is -4.27. The smallest absolute Gasteiger partial charge is 0.204 e. The first-order valence-electron chi connectivity index (χ1n) is 5.64. The summed E-state index contributed by atoms with van der Waals surface area (Å²) in [7, 11) is 0. The maximum Gasteiger partial charge on any atom is 0.327 e. The first-order chi connectivity index (χ1) is 8.85. The Morgan fingerprint density at radius 3 is 2.32 bits per heavy atom. The predicted octanol–water partition coefficient (Wildman–Crippen LogP) is 5.33. The van der Waals surface area contributed by atoms with Crippen molar-refractivity contribution in [3.05, 3.63) is 47.5 Å². The lowest BCUT2D eigenvalue weighted by atomic mass is 9.94. The van der Waals surface area contributed by atoms with E-state index in [2.05, 4.69) is 0 Å². The summed E-state index contributed by atoms with van der Waals surface area (Å²) in [5.41, 5.74) is 0.532. The highest BCUT2D eigenvalue weighted by Gasteiger charge is 2.49. The molecule has 0 amide bonds. The van der Waals surface area contributed by atoms with Gasteiger partial charge in [-0.1, -0.05) is 36.4 Å². The standard InChI is InChI=1S/C14H11ClF4/c1-8-6-7-9-4-2-3-5-10(9)11(8)12(15)14(18,19)13(16)17/h2-7,12-13H,1H3. The van der Waals surface area contributed by atoms with Gasteiger partial charge in [-0.3, -0.25) is 0 Å². The van der Waals surface area contributed by atoms with E-state index in [4.69, 9.17) is 11.6 Å². The highest BCUT2D eigenvalue weighted by molar-refractivity contribution is 6.22. The molecular formula is C14H11ClF4. The monoisotopic (exact) mass is 290 g/mol. The van der Waals surface area contributed by atoms with Gasteiger partial charge in [0.1, 0.15) is 5.38 Å². The number of hydrogen-bond acceptors (Lipinski definition) is 0. The summed E-state index contributed by atoms with van der Waals surface area (Å²) in [5.74, 6) is -4.27. The third-order valence-electron chi connectivity index (χ3n) is 3.07. The Balaban J connectivity index is 2.65. The van der Waals surface area contributed by atoms with Crippen molar-refractivity contribution < 1.29 is 17.6 Å². The molecule has 19 heavy (non-hydrogen) atoms. The van der Waals surface area contributed by atoms with Crippen LogP contribution >= 0.6 is 11.6 Å². The molecule has 0 fully saturated rings. The van der Waals surface area contributed by atoms with Crippen LogP contribution in [0.5, 0.6) is 0 Å². The van der Waals surface area contributed by atoms with Crippen molar-refractivity contribution in [1.29, 1.82) is 0 Å². The van der Waals surface area contributed by atoms with E-state index in [1.165, 1.54) is 0 Å². The summed E-state index contributed by atoms with van der Waals surface area (Å²) in [4.78, 5) is 0. The summed E-state index contributed by atoms with van der Waals surface area (Å²) in [6.45, 7) is 1.58. The second kappa shape index (κ2) is 5.00. The lowest BCUT2D eigenvalue weighted by molar-refractivity contribution is -0.130. The minimum absolute atomic E-state index is 0.0602. The molecule has 0 aliphatic carbocycles. The van der Waals surface area contributed by atoms with E-state index < -0.39 is 17.7 Å². The van der Waals surface area contributed by atoms with Crippen LogP contribution in [0.2, 0.25) is 0 Å². The second-order valence-electron chi connectivity index (χ2n) is 4.36. The highest BCUT2D eigenvalue weighted by atomic mass is 35.5. The SMILES string of the molecule is Cc1ccc2ccccc2c1C(Cl)C(F)(F)C(F)F. The van der Waals surface area contributed by atoms with Crippen LogP contribution in [0.3, 0.4) is 0 Å². The van der Waals surface area contributed by atoms with E-state index in [1.807, 2.05) is 0 Å². The topological polar surface area (TPSA) is 0 Å². The van der Waals surface area contributed by atoms with E-state index in [-0.39, 0.29) is 5.56 Å². The van der Waals surface area contributed by atoms with Crippen molar-refractivity contribution in [2.75, 3.05) is 0 Å². The van der Waals surface area contributed by atoms with Crippen LogP contribution in [0.15, 0.2) is 36.4 Å². The molecule has 0 radical (unpaired) electrons. The second-order valence-corrected chi connectivity index (χ2v) is 4.79. The normalized spacial score (nSPS) is 14.1. The number of benzene rings is 2. The van der Waals surface area contributed by atoms with Gasteiger partial charge in [-0.2, -0.15) is 8.78 Å². The van der Waals surface area contributed by atoms with Crippen LogP contribution in [0.4, 0.5) is 17.6 Å². The molecule has 1 unspecified atom stereocenters. The first-order valence-corrected chi connectivity index (χ1v) is 6.07. The molecular weight excluding hydrogens is 280 g/mol. The van der Waals surface area contributed by atoms with E-state index in [0.717, 1.165) is 0 Å². The first kappa shape index (κ1) is 14.1. The maximum absolute atomic E-state index is 13.5. The Hall–Kier alpha value is -1.29. The zero-order chi connectivity index (χ0) is 14.2. The average Bonchev–Trinajstić information content (AvgIpc) is 2.37. The number of alkyl halides is 5.